The van der Waals surface area contributed by atoms with Crippen molar-refractivity contribution < 1.29 is 86.4 Å². The molecule has 0 fully saturated rings. The molecule has 87 heavy (non-hydrogen) atoms. The van der Waals surface area contributed by atoms with Crippen LogP contribution in [0, 0.1) is 51.4 Å². The van der Waals surface area contributed by atoms with E-state index in [9.17, 15) is 57.8 Å². The van der Waals surface area contributed by atoms with Gasteiger partial charge in [0, 0.05) is 65.0 Å². The van der Waals surface area contributed by atoms with Crippen molar-refractivity contribution in [3.05, 3.63) is 176 Å². The van der Waals surface area contributed by atoms with E-state index in [1.807, 2.05) is 58.4 Å². The van der Waals surface area contributed by atoms with Crippen LogP contribution in [0.2, 0.25) is 0 Å². The molecule has 4 aromatic carbocycles. The number of ether oxygens (including phenoxy) is 2. The number of hydrogen-bond donors (Lipinski definition) is 1. The summed E-state index contributed by atoms with van der Waals surface area (Å²) < 4.78 is 169. The van der Waals surface area contributed by atoms with Crippen LogP contribution in [0.1, 0.15) is 134 Å². The zero-order valence-corrected chi connectivity index (χ0v) is 49.7. The molecule has 0 aliphatic carbocycles. The van der Waals surface area contributed by atoms with Gasteiger partial charge in [-0.3, -0.25) is 9.97 Å². The Kier molecular flexibility index (Phi) is 25.8. The fourth-order valence-electron chi connectivity index (χ4n) is 10.2. The molecule has 2 heterocycles. The van der Waals surface area contributed by atoms with Crippen molar-refractivity contribution >= 4 is 12.3 Å². The second-order valence-electron chi connectivity index (χ2n) is 20.2. The fraction of sp³-hybridized carbons (Fsp3) is 0.394. The summed E-state index contributed by atoms with van der Waals surface area (Å²) in [6.45, 7) is 18.3. The number of methoxy groups -OCH3 is 1. The van der Waals surface area contributed by atoms with E-state index >= 15 is 0 Å². The molecule has 0 atom stereocenters. The maximum Gasteiger partial charge on any atom is 0.438 e. The van der Waals surface area contributed by atoms with Gasteiger partial charge in [0.05, 0.1) is 0 Å². The van der Waals surface area contributed by atoms with Crippen LogP contribution in [0.4, 0.5) is 52.7 Å². The highest BCUT2D eigenvalue weighted by atomic mass is 19.4. The van der Waals surface area contributed by atoms with Crippen LogP contribution in [0.15, 0.2) is 110 Å². The van der Waals surface area contributed by atoms with E-state index < -0.39 is 53.5 Å². The summed E-state index contributed by atoms with van der Waals surface area (Å²) in [5.41, 5.74) is 2.65. The Morgan fingerprint density at radius 3 is 1.05 bits per heavy atom. The Bertz CT molecular complexity index is 3450. The molecule has 0 radical (unpaired) electrons. The molecule has 0 amide bonds. The minimum atomic E-state index is -6.00. The monoisotopic (exact) mass is 1230 g/mol. The Labute approximate surface area is 498 Å². The van der Waals surface area contributed by atoms with Gasteiger partial charge in [0.1, 0.15) is 6.79 Å². The van der Waals surface area contributed by atoms with Crippen molar-refractivity contribution in [2.45, 2.75) is 154 Å². The zero-order valence-electron chi connectivity index (χ0n) is 49.7. The van der Waals surface area contributed by atoms with E-state index in [4.69, 9.17) is 19.2 Å². The number of hydrogen-bond acceptors (Lipinski definition) is 9. The van der Waals surface area contributed by atoms with Crippen molar-refractivity contribution in [1.82, 2.24) is 9.97 Å². The van der Waals surface area contributed by atoms with Crippen LogP contribution in [0.3, 0.4) is 0 Å². The van der Waals surface area contributed by atoms with Gasteiger partial charge >= 0.3 is 48.2 Å². The normalized spacial score (nSPS) is 12.0. The molecule has 0 unspecified atom stereocenters. The SMILES string of the molecule is CCc1cncc(-c2ccc(C(CC)(CC)c3ccc(C#CC(O)(C(F)(F)F)C(F)(F)F)c(C)c3)cc2C)c1.CCc1cncc(-c2ccc(C(CC)(CC)c3ccc(C#CC(OCOC)(C(F)(F)F)C(F)(F)F)c(C)c3)cc2C)c1.O=C=O.O=C=O. The first kappa shape index (κ1) is 73.4. The summed E-state index contributed by atoms with van der Waals surface area (Å²) in [5, 5.41) is 9.38. The molecule has 21 heteroatoms. The van der Waals surface area contributed by atoms with Crippen molar-refractivity contribution in [2.75, 3.05) is 13.9 Å². The third kappa shape index (κ3) is 16.6. The molecule has 2 aromatic heterocycles. The van der Waals surface area contributed by atoms with E-state index in [0.29, 0.717) is 24.0 Å². The Hall–Kier alpha value is -7.90. The standard InChI is InChI=1S/C33H35F6NO2.C31H31F6NO.2CO2/c1-7-24-18-26(20-40-19-24)29-13-12-28(17-23(29)5)30(8-2,9-3)27-11-10-25(22(4)16-27)14-15-31(32(34,35)36,33(37,38)39)42-21-41-6;1-6-22-17-24(19-38-18-22)27-12-11-26(16-21(27)5)28(7-2,8-3)25-10-9-23(20(4)15-25)13-14-29(39,30(32,33)34)31(35,36)37;2*2-1-3/h10-13,16-20H,7-9,21H2,1-6H3;9-12,15-19,39H,6-8H2,1-5H3;;. The van der Waals surface area contributed by atoms with Gasteiger partial charge < -0.3 is 14.6 Å². The van der Waals surface area contributed by atoms with Gasteiger partial charge in [-0.05, 0) is 169 Å². The highest BCUT2D eigenvalue weighted by Crippen LogP contribution is 2.47. The lowest BCUT2D eigenvalue weighted by Gasteiger charge is -2.34. The van der Waals surface area contributed by atoms with Crippen LogP contribution < -0.4 is 0 Å². The zero-order chi connectivity index (χ0) is 66.0. The Morgan fingerprint density at radius 1 is 0.448 bits per heavy atom. The number of rotatable bonds is 15. The Balaban J connectivity index is 0.000000418. The topological polar surface area (TPSA) is 133 Å². The average molecular weight is 1230 g/mol. The maximum atomic E-state index is 13.7. The molecule has 0 saturated heterocycles. The number of nitrogens with zero attached hydrogens (tertiary/aromatic N) is 2. The third-order valence-corrected chi connectivity index (χ3v) is 15.3. The van der Waals surface area contributed by atoms with Gasteiger partial charge in [-0.15, -0.1) is 0 Å². The first-order chi connectivity index (χ1) is 40.6. The van der Waals surface area contributed by atoms with Crippen molar-refractivity contribution in [1.29, 1.82) is 0 Å². The van der Waals surface area contributed by atoms with Gasteiger partial charge in [0.15, 0.2) is 0 Å². The second kappa shape index (κ2) is 30.6. The molecule has 0 saturated carbocycles. The molecule has 1 N–H and O–H groups in total. The molecule has 0 aliphatic heterocycles. The van der Waals surface area contributed by atoms with Gasteiger partial charge in [0.2, 0.25) is 0 Å². The van der Waals surface area contributed by atoms with E-state index in [1.54, 1.807) is 38.1 Å². The molecule has 466 valence electrons. The summed E-state index contributed by atoms with van der Waals surface area (Å²) in [6.07, 6.45) is -11.2. The summed E-state index contributed by atoms with van der Waals surface area (Å²) >= 11 is 0. The van der Waals surface area contributed by atoms with Crippen molar-refractivity contribution in [3.63, 3.8) is 0 Å². The first-order valence-electron chi connectivity index (χ1n) is 27.2. The number of pyridine rings is 2. The van der Waals surface area contributed by atoms with E-state index in [2.05, 4.69) is 102 Å². The first-order valence-corrected chi connectivity index (χ1v) is 27.2. The minimum absolute atomic E-state index is 0.0263. The summed E-state index contributed by atoms with van der Waals surface area (Å²) in [7, 11) is 0.928. The molecule has 6 aromatic rings. The number of aliphatic hydroxyl groups is 1. The molecular formula is C66H66F12N2O7. The largest absolute Gasteiger partial charge is 0.438 e. The molecule has 0 bridgehead atoms. The van der Waals surface area contributed by atoms with E-state index in [0.717, 1.165) is 105 Å². The smallest absolute Gasteiger partial charge is 0.363 e. The number of aromatic nitrogens is 2. The predicted molar refractivity (Wildman–Crippen MR) is 301 cm³/mol. The van der Waals surface area contributed by atoms with Crippen molar-refractivity contribution in [2.24, 2.45) is 0 Å². The number of benzene rings is 4. The van der Waals surface area contributed by atoms with Gasteiger partial charge in [-0.2, -0.15) is 71.9 Å². The van der Waals surface area contributed by atoms with Crippen LogP contribution in [-0.2, 0) is 52.3 Å². The highest BCUT2D eigenvalue weighted by Gasteiger charge is 2.73. The molecule has 0 spiro atoms. The molecular weight excluding hydrogens is 1160 g/mol. The quantitative estimate of drug-likeness (QED) is 0.0606. The van der Waals surface area contributed by atoms with Crippen LogP contribution in [-0.4, -0.2) is 77.2 Å². The van der Waals surface area contributed by atoms with Gasteiger partial charge in [-0.1, -0.05) is 114 Å². The van der Waals surface area contributed by atoms with E-state index in [1.165, 1.54) is 18.1 Å². The van der Waals surface area contributed by atoms with Crippen LogP contribution in [0.5, 0.6) is 0 Å². The summed E-state index contributed by atoms with van der Waals surface area (Å²) in [4.78, 5) is 41.2. The van der Waals surface area contributed by atoms with Gasteiger partial charge in [-0.25, -0.2) is 0 Å². The fourth-order valence-corrected chi connectivity index (χ4v) is 10.2. The summed E-state index contributed by atoms with van der Waals surface area (Å²) in [6, 6.07) is 26.6. The lowest BCUT2D eigenvalue weighted by atomic mass is 9.69. The number of aryl methyl sites for hydroxylation is 6. The molecule has 9 nitrogen and oxygen atoms in total. The van der Waals surface area contributed by atoms with E-state index in [-0.39, 0.29) is 23.4 Å². The third-order valence-electron chi connectivity index (χ3n) is 15.3. The molecule has 6 rings (SSSR count). The van der Waals surface area contributed by atoms with Crippen LogP contribution >= 0.6 is 0 Å². The van der Waals surface area contributed by atoms with Crippen molar-refractivity contribution in [3.8, 4) is 45.9 Å². The number of halogens is 12. The maximum absolute atomic E-state index is 13.7. The van der Waals surface area contributed by atoms with Gasteiger partial charge in [0.25, 0.3) is 0 Å². The van der Waals surface area contributed by atoms with Crippen LogP contribution in [0.25, 0.3) is 22.3 Å². The number of carbonyl (C=O) groups excluding carboxylic acids is 4. The lowest BCUT2D eigenvalue weighted by Crippen LogP contribution is -2.58. The minimum Gasteiger partial charge on any atom is -0.363 e. The summed E-state index contributed by atoms with van der Waals surface area (Å²) in [5.74, 6) is 6.41. The second-order valence-corrected chi connectivity index (χ2v) is 20.2. The number of alkyl halides is 12. The predicted octanol–water partition coefficient (Wildman–Crippen LogP) is 15.9. The highest BCUT2D eigenvalue weighted by molar-refractivity contribution is 5.69. The average Bonchev–Trinajstić information content (AvgIpc) is 0.900. The Morgan fingerprint density at radius 2 is 0.770 bits per heavy atom. The lowest BCUT2D eigenvalue weighted by molar-refractivity contribution is -0.368. The molecule has 0 aliphatic rings.